The normalized spacial score (nSPS) is 13.7. The Hall–Kier alpha value is -3.91. The first kappa shape index (κ1) is 23.3. The van der Waals surface area contributed by atoms with Crippen molar-refractivity contribution in [3.05, 3.63) is 94.0 Å². The molecule has 0 aliphatic heterocycles. The Kier molecular flexibility index (Phi) is 7.08. The van der Waals surface area contributed by atoms with E-state index in [1.54, 1.807) is 6.07 Å². The topological polar surface area (TPSA) is 79.2 Å². The molecule has 0 spiro atoms. The number of benzene rings is 3. The standard InChI is InChI=1S/C29H28N2O3/c1-19-7-6-8-20(2)27(19)29(33)34-26-16-13-23(17-24(26)18-30)28(32)31-25-14-11-22(12-15-25)21-9-4-3-5-10-21/h6-8,11-17,21H,3-5,9-10H2,1-2H3,(H,31,32). The average Bonchev–Trinajstić information content (AvgIpc) is 2.85. The fourth-order valence-corrected chi connectivity index (χ4v) is 4.61. The highest BCUT2D eigenvalue weighted by atomic mass is 16.5. The van der Waals surface area contributed by atoms with Gasteiger partial charge in [0.2, 0.25) is 0 Å². The van der Waals surface area contributed by atoms with Crippen molar-refractivity contribution in [2.75, 3.05) is 5.32 Å². The minimum atomic E-state index is -0.526. The second-order valence-electron chi connectivity index (χ2n) is 8.89. The highest BCUT2D eigenvalue weighted by Crippen LogP contribution is 2.33. The third-order valence-electron chi connectivity index (χ3n) is 6.50. The Morgan fingerprint density at radius 3 is 2.26 bits per heavy atom. The Morgan fingerprint density at radius 2 is 1.62 bits per heavy atom. The molecule has 172 valence electrons. The lowest BCUT2D eigenvalue weighted by molar-refractivity contribution is 0.0732. The van der Waals surface area contributed by atoms with Crippen molar-refractivity contribution in [1.29, 1.82) is 5.26 Å². The Bertz CT molecular complexity index is 1230. The SMILES string of the molecule is Cc1cccc(C)c1C(=O)Oc1ccc(C(=O)Nc2ccc(C3CCCCC3)cc2)cc1C#N. The minimum absolute atomic E-state index is 0.125. The number of nitrogens with one attached hydrogen (secondary N) is 1. The van der Waals surface area contributed by atoms with Crippen LogP contribution in [0.2, 0.25) is 0 Å². The zero-order valence-electron chi connectivity index (χ0n) is 19.6. The first-order valence-electron chi connectivity index (χ1n) is 11.7. The van der Waals surface area contributed by atoms with Crippen molar-refractivity contribution < 1.29 is 14.3 Å². The smallest absolute Gasteiger partial charge is 0.344 e. The van der Waals surface area contributed by atoms with Crippen LogP contribution in [0.25, 0.3) is 0 Å². The number of anilines is 1. The first-order valence-corrected chi connectivity index (χ1v) is 11.7. The summed E-state index contributed by atoms with van der Waals surface area (Å²) in [6, 6.07) is 20.1. The van der Waals surface area contributed by atoms with E-state index in [1.807, 2.05) is 50.2 Å². The van der Waals surface area contributed by atoms with Crippen molar-refractivity contribution in [2.45, 2.75) is 51.9 Å². The molecule has 1 aliphatic carbocycles. The number of nitrogens with zero attached hydrogens (tertiary/aromatic N) is 1. The number of carbonyl (C=O) groups is 2. The molecule has 4 rings (SSSR count). The molecule has 0 unspecified atom stereocenters. The van der Waals surface area contributed by atoms with Gasteiger partial charge in [-0.05, 0) is 79.6 Å². The van der Waals surface area contributed by atoms with Crippen LogP contribution in [0.5, 0.6) is 5.75 Å². The van der Waals surface area contributed by atoms with E-state index in [9.17, 15) is 14.9 Å². The summed E-state index contributed by atoms with van der Waals surface area (Å²) in [6.07, 6.45) is 6.32. The van der Waals surface area contributed by atoms with Gasteiger partial charge >= 0.3 is 5.97 Å². The number of hydrogen-bond acceptors (Lipinski definition) is 4. The van der Waals surface area contributed by atoms with Crippen molar-refractivity contribution in [2.24, 2.45) is 0 Å². The summed E-state index contributed by atoms with van der Waals surface area (Å²) in [4.78, 5) is 25.5. The summed E-state index contributed by atoms with van der Waals surface area (Å²) in [5.41, 5.74) is 4.54. The second kappa shape index (κ2) is 10.4. The van der Waals surface area contributed by atoms with E-state index in [2.05, 4.69) is 17.4 Å². The molecule has 5 heteroatoms. The Labute approximate surface area is 200 Å². The molecule has 3 aromatic rings. The van der Waals surface area contributed by atoms with Crippen LogP contribution in [0, 0.1) is 25.2 Å². The van der Waals surface area contributed by atoms with E-state index in [-0.39, 0.29) is 17.2 Å². The van der Waals surface area contributed by atoms with Crippen LogP contribution in [0.1, 0.15) is 81.0 Å². The molecule has 0 saturated heterocycles. The largest absolute Gasteiger partial charge is 0.422 e. The van der Waals surface area contributed by atoms with Gasteiger partial charge in [0.25, 0.3) is 5.91 Å². The maximum atomic E-state index is 12.8. The van der Waals surface area contributed by atoms with Crippen molar-refractivity contribution in [1.82, 2.24) is 0 Å². The summed E-state index contributed by atoms with van der Waals surface area (Å²) in [6.45, 7) is 3.67. The van der Waals surface area contributed by atoms with Crippen molar-refractivity contribution in [3.63, 3.8) is 0 Å². The molecule has 34 heavy (non-hydrogen) atoms. The molecule has 1 N–H and O–H groups in total. The molecule has 0 heterocycles. The van der Waals surface area contributed by atoms with Crippen LogP contribution in [-0.2, 0) is 0 Å². The lowest BCUT2D eigenvalue weighted by Gasteiger charge is -2.22. The van der Waals surface area contributed by atoms with E-state index < -0.39 is 5.97 Å². The zero-order chi connectivity index (χ0) is 24.1. The molecule has 1 saturated carbocycles. The highest BCUT2D eigenvalue weighted by Gasteiger charge is 2.18. The molecule has 0 radical (unpaired) electrons. The van der Waals surface area contributed by atoms with Gasteiger partial charge in [-0.2, -0.15) is 5.26 Å². The molecule has 3 aromatic carbocycles. The molecule has 0 aromatic heterocycles. The summed E-state index contributed by atoms with van der Waals surface area (Å²) in [7, 11) is 0. The van der Waals surface area contributed by atoms with Gasteiger partial charge in [-0.1, -0.05) is 49.6 Å². The molecule has 5 nitrogen and oxygen atoms in total. The number of amides is 1. The summed E-state index contributed by atoms with van der Waals surface area (Å²) >= 11 is 0. The van der Waals surface area contributed by atoms with Gasteiger partial charge in [-0.15, -0.1) is 0 Å². The van der Waals surface area contributed by atoms with Crippen molar-refractivity contribution >= 4 is 17.6 Å². The number of carbonyl (C=O) groups excluding carboxylic acids is 2. The molecule has 1 fully saturated rings. The van der Waals surface area contributed by atoms with Crippen LogP contribution < -0.4 is 10.1 Å². The predicted molar refractivity (Wildman–Crippen MR) is 132 cm³/mol. The minimum Gasteiger partial charge on any atom is -0.422 e. The quantitative estimate of drug-likeness (QED) is 0.345. The van der Waals surface area contributed by atoms with Crippen LogP contribution in [0.4, 0.5) is 5.69 Å². The lowest BCUT2D eigenvalue weighted by atomic mass is 9.84. The molecule has 1 aliphatic rings. The summed E-state index contributed by atoms with van der Waals surface area (Å²) in [5.74, 6) is -0.115. The highest BCUT2D eigenvalue weighted by molar-refractivity contribution is 6.04. The van der Waals surface area contributed by atoms with E-state index in [1.165, 1.54) is 49.8 Å². The van der Waals surface area contributed by atoms with Crippen LogP contribution in [0.15, 0.2) is 60.7 Å². The number of ether oxygens (including phenoxy) is 1. The molecule has 0 atom stereocenters. The van der Waals surface area contributed by atoms with E-state index in [0.717, 1.165) is 11.1 Å². The third-order valence-corrected chi connectivity index (χ3v) is 6.50. The maximum absolute atomic E-state index is 12.8. The van der Waals surface area contributed by atoms with Crippen LogP contribution in [0.3, 0.4) is 0 Å². The fourth-order valence-electron chi connectivity index (χ4n) is 4.61. The Balaban J connectivity index is 1.46. The van der Waals surface area contributed by atoms with Gasteiger partial charge in [0.05, 0.1) is 11.1 Å². The van der Waals surface area contributed by atoms with Gasteiger partial charge in [0.15, 0.2) is 0 Å². The number of esters is 1. The molecular formula is C29H28N2O3. The predicted octanol–water partition coefficient (Wildman–Crippen LogP) is 6.69. The van der Waals surface area contributed by atoms with Crippen LogP contribution >= 0.6 is 0 Å². The average molecular weight is 453 g/mol. The molecule has 0 bridgehead atoms. The number of rotatable bonds is 5. The number of hydrogen-bond donors (Lipinski definition) is 1. The lowest BCUT2D eigenvalue weighted by Crippen LogP contribution is -2.14. The van der Waals surface area contributed by atoms with Gasteiger partial charge in [-0.25, -0.2) is 4.79 Å². The van der Waals surface area contributed by atoms with Gasteiger partial charge in [0.1, 0.15) is 11.8 Å². The summed E-state index contributed by atoms with van der Waals surface area (Å²) < 4.78 is 5.51. The zero-order valence-corrected chi connectivity index (χ0v) is 19.6. The second-order valence-corrected chi connectivity index (χ2v) is 8.89. The summed E-state index contributed by atoms with van der Waals surface area (Å²) in [5, 5.41) is 12.5. The van der Waals surface area contributed by atoms with E-state index in [0.29, 0.717) is 22.7 Å². The van der Waals surface area contributed by atoms with E-state index >= 15 is 0 Å². The fraction of sp³-hybridized carbons (Fsp3) is 0.276. The van der Waals surface area contributed by atoms with E-state index in [4.69, 9.17) is 4.74 Å². The molecule has 1 amide bonds. The third kappa shape index (κ3) is 5.18. The monoisotopic (exact) mass is 452 g/mol. The number of nitriles is 1. The van der Waals surface area contributed by atoms with Gasteiger partial charge < -0.3 is 10.1 Å². The first-order chi connectivity index (χ1) is 16.5. The number of aryl methyl sites for hydroxylation is 2. The molecular weight excluding hydrogens is 424 g/mol. The van der Waals surface area contributed by atoms with Gasteiger partial charge in [0, 0.05) is 11.3 Å². The van der Waals surface area contributed by atoms with Gasteiger partial charge in [-0.3, -0.25) is 4.79 Å². The van der Waals surface area contributed by atoms with Crippen molar-refractivity contribution in [3.8, 4) is 11.8 Å². The maximum Gasteiger partial charge on any atom is 0.344 e. The Morgan fingerprint density at radius 1 is 0.941 bits per heavy atom. The van der Waals surface area contributed by atoms with Crippen LogP contribution in [-0.4, -0.2) is 11.9 Å².